The first-order valence-electron chi connectivity index (χ1n) is 22.2. The fourth-order valence-corrected chi connectivity index (χ4v) is 12.9. The van der Waals surface area contributed by atoms with E-state index in [0.717, 1.165) is 22.7 Å². The molecule has 0 N–H and O–H groups in total. The van der Waals surface area contributed by atoms with Crippen molar-refractivity contribution in [1.82, 2.24) is 0 Å². The summed E-state index contributed by atoms with van der Waals surface area (Å²) < 4.78 is 0. The molecule has 2 heterocycles. The second kappa shape index (κ2) is 29.3. The Morgan fingerprint density at radius 1 is 0.254 bits per heavy atom. The molecule has 0 bridgehead atoms. The Kier molecular flexibility index (Phi) is 23.4. The molecule has 1 aliphatic carbocycles. The number of rotatable bonds is 7. The van der Waals surface area contributed by atoms with Crippen LogP contribution in [0.1, 0.15) is 25.7 Å². The number of fused-ring (bicyclic) bond motifs is 2. The van der Waals surface area contributed by atoms with Gasteiger partial charge in [-0.25, -0.2) is 12.3 Å². The van der Waals surface area contributed by atoms with Gasteiger partial charge in [-0.1, -0.05) is 182 Å². The molecular weight excluding hydrogens is 1310 g/mol. The number of allylic oxidation sites excluding steroid dienone is 4. The van der Waals surface area contributed by atoms with E-state index in [9.17, 15) is 0 Å². The minimum Gasteiger partial charge on any atom is -0.700 e. The average Bonchev–Trinajstić information content (AvgIpc) is 4.00. The van der Waals surface area contributed by atoms with E-state index in [2.05, 4.69) is 228 Å². The zero-order chi connectivity index (χ0) is 43.4. The second-order valence-electron chi connectivity index (χ2n) is 15.4. The molecule has 4 nitrogen and oxygen atoms in total. The van der Waals surface area contributed by atoms with E-state index in [-0.39, 0.29) is 76.6 Å². The molecule has 3 aliphatic rings. The molecular formula is C58H54Au2N4P2Rh+3. The zero-order valence-corrected chi connectivity index (χ0v) is 44.9. The Hall–Kier alpha value is -4.60. The molecule has 0 fully saturated rings. The van der Waals surface area contributed by atoms with Crippen LogP contribution in [0.4, 0.5) is 22.7 Å². The first-order valence-corrected chi connectivity index (χ1v) is 25.2. The van der Waals surface area contributed by atoms with E-state index >= 15 is 0 Å². The predicted octanol–water partition coefficient (Wildman–Crippen LogP) is 14.1. The summed E-state index contributed by atoms with van der Waals surface area (Å²) in [6.45, 7) is 0. The Morgan fingerprint density at radius 2 is 0.418 bits per heavy atom. The minimum atomic E-state index is -0.877. The van der Waals surface area contributed by atoms with Crippen molar-refractivity contribution in [2.75, 3.05) is 0 Å². The molecule has 8 aromatic carbocycles. The van der Waals surface area contributed by atoms with Gasteiger partial charge in [0.25, 0.3) is 0 Å². The van der Waals surface area contributed by atoms with E-state index in [4.69, 9.17) is 0 Å². The molecule has 0 atom stereocenters. The predicted molar refractivity (Wildman–Crippen MR) is 282 cm³/mol. The van der Waals surface area contributed by atoms with Gasteiger partial charge in [-0.3, -0.25) is 0 Å². The summed E-state index contributed by atoms with van der Waals surface area (Å²) in [5.74, 6) is 0. The van der Waals surface area contributed by atoms with Crippen LogP contribution in [-0.4, -0.2) is 12.3 Å². The summed E-state index contributed by atoms with van der Waals surface area (Å²) >= 11 is 0. The first-order chi connectivity index (χ1) is 31.8. The summed E-state index contributed by atoms with van der Waals surface area (Å²) in [5.41, 5.74) is 3.74. The zero-order valence-electron chi connectivity index (χ0n) is 37.0. The van der Waals surface area contributed by atoms with Gasteiger partial charge < -0.3 is 21.3 Å². The van der Waals surface area contributed by atoms with Crippen molar-refractivity contribution in [3.8, 4) is 0 Å². The van der Waals surface area contributed by atoms with Crippen molar-refractivity contribution in [2.24, 2.45) is 0 Å². The summed E-state index contributed by atoms with van der Waals surface area (Å²) in [7, 11) is -1.75. The number of hydrogen-bond donors (Lipinski definition) is 0. The van der Waals surface area contributed by atoms with Gasteiger partial charge >= 0.3 is 64.2 Å². The molecule has 0 spiro atoms. The topological polar surface area (TPSA) is 56.4 Å². The van der Waals surface area contributed by atoms with Crippen molar-refractivity contribution in [3.05, 3.63) is 276 Å². The summed E-state index contributed by atoms with van der Waals surface area (Å²) in [5, 5.41) is 26.9. The maximum atomic E-state index is 4.56. The number of para-hydroxylation sites is 4. The molecule has 0 amide bonds. The van der Waals surface area contributed by atoms with Crippen molar-refractivity contribution in [3.63, 3.8) is 0 Å². The van der Waals surface area contributed by atoms with Crippen molar-refractivity contribution < 1.29 is 64.2 Å². The molecule has 2 aliphatic heterocycles. The van der Waals surface area contributed by atoms with Crippen LogP contribution < -0.4 is 31.8 Å². The standard InChI is InChI=1S/2C18H15P.C14H10N4.C8H12.2Au.Rh/c2*1-4-10-16(11-5-1)19(17-12-6-2-7-13-17)18-14-8-3-9-15-18;1-2-6-10-9(5-1)15-13(16-10)14-17-11-7-3-4-8-12(11)18-14;1-2-4-6-8-7-5-3-1;;;/h2*1-15H;1-8,13-14H;1-2,7-8H,3-6H2;;;/q;;-4;;2*+1;+3/p+2. The van der Waals surface area contributed by atoms with Gasteiger partial charge in [0.1, 0.15) is 31.8 Å². The molecule has 0 saturated carbocycles. The van der Waals surface area contributed by atoms with Gasteiger partial charge in [0.15, 0.2) is 0 Å². The molecule has 67 heavy (non-hydrogen) atoms. The molecule has 0 aromatic heterocycles. The maximum Gasteiger partial charge on any atom is 3.00 e. The minimum absolute atomic E-state index is 0. The van der Waals surface area contributed by atoms with Gasteiger partial charge in [0.05, 0.1) is 15.8 Å². The number of nitrogens with zero attached hydrogens (tertiary/aromatic N) is 4. The number of hydrogen-bond acceptors (Lipinski definition) is 0. The number of benzene rings is 8. The van der Waals surface area contributed by atoms with Crippen LogP contribution in [0.2, 0.25) is 0 Å². The van der Waals surface area contributed by atoms with Gasteiger partial charge in [0.2, 0.25) is 0 Å². The molecule has 9 heteroatoms. The van der Waals surface area contributed by atoms with E-state index < -0.39 is 15.8 Å². The smallest absolute Gasteiger partial charge is 0.700 e. The normalized spacial score (nSPS) is 13.0. The average molecular weight is 1370 g/mol. The van der Waals surface area contributed by atoms with Gasteiger partial charge in [-0.15, -0.1) is 0 Å². The maximum absolute atomic E-state index is 4.56. The van der Waals surface area contributed by atoms with E-state index in [1.165, 1.54) is 57.5 Å². The Balaban J connectivity index is 0.000000170. The molecule has 8 aromatic rings. The third-order valence-corrected chi connectivity index (χ3v) is 16.3. The molecule has 344 valence electrons. The van der Waals surface area contributed by atoms with Crippen LogP contribution in [0.25, 0.3) is 21.3 Å². The van der Waals surface area contributed by atoms with Crippen LogP contribution >= 0.6 is 15.8 Å². The summed E-state index contributed by atoms with van der Waals surface area (Å²) in [6.07, 6.45) is 13.6. The van der Waals surface area contributed by atoms with Gasteiger partial charge in [-0.05, 0) is 98.5 Å². The molecule has 0 radical (unpaired) electrons. The van der Waals surface area contributed by atoms with Crippen LogP contribution in [0.5, 0.6) is 0 Å². The van der Waals surface area contributed by atoms with Crippen LogP contribution in [0, 0.1) is 0 Å². The molecule has 0 saturated heterocycles. The third-order valence-electron chi connectivity index (χ3n) is 10.8. The summed E-state index contributed by atoms with van der Waals surface area (Å²) in [6, 6.07) is 80.8. The molecule has 0 unspecified atom stereocenters. The summed E-state index contributed by atoms with van der Waals surface area (Å²) in [4.78, 5) is 0. The second-order valence-corrected chi connectivity index (χ2v) is 20.3. The van der Waals surface area contributed by atoms with E-state index in [1.54, 1.807) is 0 Å². The van der Waals surface area contributed by atoms with E-state index in [0.29, 0.717) is 0 Å². The Labute approximate surface area is 444 Å². The van der Waals surface area contributed by atoms with Crippen LogP contribution in [0.3, 0.4) is 0 Å². The van der Waals surface area contributed by atoms with Gasteiger partial charge in [-0.2, -0.15) is 22.7 Å². The largest absolute Gasteiger partial charge is 3.00 e. The Morgan fingerprint density at radius 3 is 0.597 bits per heavy atom. The fraction of sp³-hybridized carbons (Fsp3) is 0.103. The Bertz CT molecular complexity index is 2210. The first kappa shape index (κ1) is 53.4. The third kappa shape index (κ3) is 15.7. The van der Waals surface area contributed by atoms with Gasteiger partial charge in [0, 0.05) is 0 Å². The van der Waals surface area contributed by atoms with Crippen molar-refractivity contribution in [2.45, 2.75) is 38.0 Å². The monoisotopic (exact) mass is 1370 g/mol. The van der Waals surface area contributed by atoms with Crippen molar-refractivity contribution in [1.29, 1.82) is 0 Å². The fourth-order valence-electron chi connectivity index (χ4n) is 7.74. The van der Waals surface area contributed by atoms with Crippen LogP contribution in [0.15, 0.2) is 255 Å². The van der Waals surface area contributed by atoms with Crippen molar-refractivity contribution >= 4 is 70.4 Å². The van der Waals surface area contributed by atoms with Crippen LogP contribution in [-0.2, 0) is 64.2 Å². The SMILES string of the molecule is C1=CCCC=CCC1.[Au+].[Au+].[Rh+3].c1ccc([PH+](c2ccccc2)c2ccccc2)cc1.c1ccc([PH+](c2ccccc2)c2ccccc2)cc1.c1ccc2c(c1)[N-]C(C1[N-]c3ccccc3[N-]1)[N-]2. The van der Waals surface area contributed by atoms with E-state index in [1.807, 2.05) is 48.5 Å². The molecule has 11 rings (SSSR count). The quantitative estimate of drug-likeness (QED) is 0.0868.